The molecule has 5 aromatic heterocycles. The molecule has 0 atom stereocenters. The van der Waals surface area contributed by atoms with Crippen molar-refractivity contribution in [3.63, 3.8) is 0 Å². The van der Waals surface area contributed by atoms with Crippen LogP contribution in [0.25, 0.3) is 129 Å². The summed E-state index contributed by atoms with van der Waals surface area (Å²) in [5.74, 6) is 3.10. The maximum absolute atomic E-state index is 14.1. The van der Waals surface area contributed by atoms with Crippen molar-refractivity contribution in [2.75, 3.05) is 0 Å². The molecule has 0 fully saturated rings. The highest BCUT2D eigenvalue weighted by Gasteiger charge is 2.25. The summed E-state index contributed by atoms with van der Waals surface area (Å²) in [7, 11) is -3.93. The molecule has 0 bridgehead atoms. The second-order valence-electron chi connectivity index (χ2n) is 19.5. The van der Waals surface area contributed by atoms with Gasteiger partial charge in [0.25, 0.3) is 0 Å². The lowest BCUT2D eigenvalue weighted by atomic mass is 10.1. The summed E-state index contributed by atoms with van der Waals surface area (Å²) in [6.07, 6.45) is 0. The molecule has 0 saturated carbocycles. The standard InChI is InChI=1S/C67H40N10O2S/c68-41-42-29-33-48(34-30-42)80(78,79)49-35-31-47(32-36-49)75-58-37-52-50-25-13-15-27-56(50)76(66-71-62(43-17-5-1-6-18-43)69-63(72-66)44-19-7-2-8-20-44)60(52)39-54(58)55-40-61-53(38-59(55)75)51-26-14-16-28-57(51)77(61)67-73-64(45-21-9-3-10-22-45)70-65(74-67)46-23-11-4-12-24-46/h1-40H. The number of benzene rings is 10. The molecule has 0 spiro atoms. The van der Waals surface area contributed by atoms with E-state index in [0.717, 1.165) is 93.4 Å². The van der Waals surface area contributed by atoms with E-state index in [0.29, 0.717) is 40.8 Å². The van der Waals surface area contributed by atoms with Gasteiger partial charge < -0.3 is 4.57 Å². The SMILES string of the molecule is N#Cc1ccc(S(=O)(=O)c2ccc(-n3c4cc5c6ccccc6n(-c6nc(-c7ccccc7)nc(-c7ccccc7)n6)c5cc4c4cc5c(cc43)c3ccccc3n5-c3nc(-c4ccccc4)nc(-c4ccccc4)n3)cc2)cc1. The minimum Gasteiger partial charge on any atom is -0.309 e. The third-order valence-electron chi connectivity index (χ3n) is 14.8. The van der Waals surface area contributed by atoms with Gasteiger partial charge in [-0.2, -0.15) is 25.2 Å². The minimum atomic E-state index is -3.93. The summed E-state index contributed by atoms with van der Waals surface area (Å²) >= 11 is 0. The van der Waals surface area contributed by atoms with Gasteiger partial charge in [-0.1, -0.05) is 158 Å². The van der Waals surface area contributed by atoms with Crippen molar-refractivity contribution in [2.45, 2.75) is 9.79 Å². The van der Waals surface area contributed by atoms with E-state index in [1.807, 2.05) is 158 Å². The average Bonchev–Trinajstić information content (AvgIpc) is 3.98. The van der Waals surface area contributed by atoms with Gasteiger partial charge in [0.2, 0.25) is 21.7 Å². The Morgan fingerprint density at radius 2 is 0.625 bits per heavy atom. The fourth-order valence-electron chi connectivity index (χ4n) is 11.1. The van der Waals surface area contributed by atoms with Crippen LogP contribution in [0.4, 0.5) is 0 Å². The number of sulfone groups is 1. The van der Waals surface area contributed by atoms with Gasteiger partial charge in [-0.25, -0.2) is 18.4 Å². The lowest BCUT2D eigenvalue weighted by Gasteiger charge is -2.11. The maximum atomic E-state index is 14.1. The average molecular weight is 1050 g/mol. The van der Waals surface area contributed by atoms with E-state index in [4.69, 9.17) is 29.9 Å². The van der Waals surface area contributed by atoms with E-state index in [1.54, 1.807) is 12.1 Å². The van der Waals surface area contributed by atoms with E-state index < -0.39 is 9.84 Å². The molecular formula is C67H40N10O2S. The number of para-hydroxylation sites is 2. The number of nitrogens with zero attached hydrogens (tertiary/aromatic N) is 10. The van der Waals surface area contributed by atoms with Gasteiger partial charge >= 0.3 is 0 Å². The second kappa shape index (κ2) is 18.4. The van der Waals surface area contributed by atoms with Crippen LogP contribution in [-0.4, -0.2) is 52.0 Å². The fourth-order valence-corrected chi connectivity index (χ4v) is 12.3. The normalized spacial score (nSPS) is 11.8. The Kier molecular flexibility index (Phi) is 10.7. The topological polar surface area (TPSA) is 150 Å². The molecule has 0 unspecified atom stereocenters. The van der Waals surface area contributed by atoms with Crippen molar-refractivity contribution in [3.05, 3.63) is 248 Å². The first-order valence-corrected chi connectivity index (χ1v) is 27.4. The van der Waals surface area contributed by atoms with Crippen molar-refractivity contribution < 1.29 is 8.42 Å². The maximum Gasteiger partial charge on any atom is 0.238 e. The fraction of sp³-hybridized carbons (Fsp3) is 0. The predicted molar refractivity (Wildman–Crippen MR) is 315 cm³/mol. The Morgan fingerprint density at radius 3 is 0.988 bits per heavy atom. The molecule has 0 aliphatic carbocycles. The van der Waals surface area contributed by atoms with Gasteiger partial charge in [0.05, 0.1) is 54.5 Å². The summed E-state index contributed by atoms with van der Waals surface area (Å²) in [5.41, 5.74) is 9.94. The largest absolute Gasteiger partial charge is 0.309 e. The molecule has 0 amide bonds. The molecule has 0 aliphatic heterocycles. The molecule has 0 saturated heterocycles. The monoisotopic (exact) mass is 1050 g/mol. The zero-order valence-corrected chi connectivity index (χ0v) is 43.1. The van der Waals surface area contributed by atoms with Crippen LogP contribution in [0.15, 0.2) is 252 Å². The molecule has 0 aliphatic rings. The quantitative estimate of drug-likeness (QED) is 0.138. The molecule has 10 aromatic carbocycles. The summed E-state index contributed by atoms with van der Waals surface area (Å²) < 4.78 is 34.7. The molecule has 13 heteroatoms. The van der Waals surface area contributed by atoms with Gasteiger partial charge in [0, 0.05) is 60.3 Å². The third-order valence-corrected chi connectivity index (χ3v) is 16.6. The smallest absolute Gasteiger partial charge is 0.238 e. The van der Waals surface area contributed by atoms with Crippen molar-refractivity contribution in [3.8, 4) is 69.2 Å². The highest BCUT2D eigenvalue weighted by Crippen LogP contribution is 2.43. The van der Waals surface area contributed by atoms with Crippen molar-refractivity contribution in [2.24, 2.45) is 0 Å². The molecular weight excluding hydrogens is 1010 g/mol. The van der Waals surface area contributed by atoms with Crippen LogP contribution < -0.4 is 0 Å². The van der Waals surface area contributed by atoms with Gasteiger partial charge in [0.15, 0.2) is 23.3 Å². The van der Waals surface area contributed by atoms with E-state index in [9.17, 15) is 13.7 Å². The summed E-state index contributed by atoms with van der Waals surface area (Å²) in [5, 5.41) is 15.2. The number of hydrogen-bond acceptors (Lipinski definition) is 9. The molecule has 0 N–H and O–H groups in total. The summed E-state index contributed by atoms with van der Waals surface area (Å²) in [4.78, 5) is 31.3. The number of rotatable bonds is 9. The molecule has 5 heterocycles. The van der Waals surface area contributed by atoms with Gasteiger partial charge in [-0.15, -0.1) is 0 Å². The first-order valence-electron chi connectivity index (χ1n) is 25.9. The highest BCUT2D eigenvalue weighted by atomic mass is 32.2. The van der Waals surface area contributed by atoms with Crippen LogP contribution in [0, 0.1) is 11.3 Å². The molecule has 376 valence electrons. The molecule has 15 aromatic rings. The Morgan fingerprint density at radius 1 is 0.312 bits per heavy atom. The first kappa shape index (κ1) is 46.4. The van der Waals surface area contributed by atoms with Crippen LogP contribution in [0.1, 0.15) is 5.56 Å². The minimum absolute atomic E-state index is 0.105. The Hall–Kier alpha value is -10.9. The zero-order valence-electron chi connectivity index (χ0n) is 42.3. The van der Waals surface area contributed by atoms with Gasteiger partial charge in [-0.05, 0) is 84.9 Å². The third kappa shape index (κ3) is 7.54. The van der Waals surface area contributed by atoms with E-state index in [2.05, 4.69) is 68.3 Å². The van der Waals surface area contributed by atoms with E-state index >= 15 is 0 Å². The molecule has 0 radical (unpaired) electrons. The van der Waals surface area contributed by atoms with E-state index in [-0.39, 0.29) is 9.79 Å². The molecule has 15 rings (SSSR count). The molecule has 12 nitrogen and oxygen atoms in total. The van der Waals surface area contributed by atoms with Gasteiger partial charge in [0.1, 0.15) is 0 Å². The van der Waals surface area contributed by atoms with E-state index in [1.165, 1.54) is 24.3 Å². The summed E-state index contributed by atoms with van der Waals surface area (Å²) in [6, 6.07) is 80.4. The van der Waals surface area contributed by atoms with Crippen molar-refractivity contribution >= 4 is 75.3 Å². The summed E-state index contributed by atoms with van der Waals surface area (Å²) in [6.45, 7) is 0. The number of hydrogen-bond donors (Lipinski definition) is 0. The van der Waals surface area contributed by atoms with Crippen LogP contribution in [0.2, 0.25) is 0 Å². The lowest BCUT2D eigenvalue weighted by molar-refractivity contribution is 0.596. The Labute approximate surface area is 457 Å². The van der Waals surface area contributed by atoms with Crippen LogP contribution in [0.5, 0.6) is 0 Å². The zero-order chi connectivity index (χ0) is 53.5. The lowest BCUT2D eigenvalue weighted by Crippen LogP contribution is -2.06. The van der Waals surface area contributed by atoms with Crippen LogP contribution >= 0.6 is 0 Å². The van der Waals surface area contributed by atoms with Crippen molar-refractivity contribution in [1.82, 2.24) is 43.6 Å². The van der Waals surface area contributed by atoms with Crippen LogP contribution in [0.3, 0.4) is 0 Å². The highest BCUT2D eigenvalue weighted by molar-refractivity contribution is 7.91. The molecule has 80 heavy (non-hydrogen) atoms. The Balaban J connectivity index is 1.03. The van der Waals surface area contributed by atoms with Crippen LogP contribution in [-0.2, 0) is 9.84 Å². The second-order valence-corrected chi connectivity index (χ2v) is 21.4. The predicted octanol–water partition coefficient (Wildman–Crippen LogP) is 14.7. The number of aromatic nitrogens is 9. The first-order chi connectivity index (χ1) is 39.4. The van der Waals surface area contributed by atoms with Gasteiger partial charge in [-0.3, -0.25) is 9.13 Å². The Bertz CT molecular complexity index is 4740. The number of fused-ring (bicyclic) bond motifs is 9. The van der Waals surface area contributed by atoms with Crippen molar-refractivity contribution in [1.29, 1.82) is 5.26 Å². The number of nitriles is 1.